The van der Waals surface area contributed by atoms with Gasteiger partial charge in [-0.15, -0.1) is 0 Å². The van der Waals surface area contributed by atoms with Crippen LogP contribution in [0.2, 0.25) is 0 Å². The van der Waals surface area contributed by atoms with E-state index < -0.39 is 5.97 Å². The molecule has 1 aliphatic carbocycles. The first-order valence-electron chi connectivity index (χ1n) is 6.92. The van der Waals surface area contributed by atoms with Gasteiger partial charge in [-0.1, -0.05) is 0 Å². The molecule has 0 aliphatic heterocycles. The van der Waals surface area contributed by atoms with Gasteiger partial charge in [-0.3, -0.25) is 14.3 Å². The number of amides is 1. The average Bonchev–Trinajstić information content (AvgIpc) is 2.83. The SMILES string of the molecule is CN(Cc1cnn(C)c1)C(=O)C1CCC(C(=O)O)CC1. The fourth-order valence-corrected chi connectivity index (χ4v) is 2.80. The van der Waals surface area contributed by atoms with Gasteiger partial charge < -0.3 is 10.0 Å². The second-order valence-corrected chi connectivity index (χ2v) is 5.60. The number of carbonyl (C=O) groups is 2. The Bertz CT molecular complexity index is 490. The van der Waals surface area contributed by atoms with Crippen LogP contribution in [0.5, 0.6) is 0 Å². The van der Waals surface area contributed by atoms with Gasteiger partial charge in [0.05, 0.1) is 12.1 Å². The zero-order chi connectivity index (χ0) is 14.7. The Hall–Kier alpha value is -1.85. The lowest BCUT2D eigenvalue weighted by molar-refractivity contribution is -0.145. The molecule has 6 nitrogen and oxygen atoms in total. The zero-order valence-electron chi connectivity index (χ0n) is 12.0. The number of aromatic nitrogens is 2. The van der Waals surface area contributed by atoms with Crippen LogP contribution in [0.3, 0.4) is 0 Å². The largest absolute Gasteiger partial charge is 0.481 e. The Morgan fingerprint density at radius 2 is 1.95 bits per heavy atom. The van der Waals surface area contributed by atoms with Crippen LogP contribution in [0.25, 0.3) is 0 Å². The third-order valence-corrected chi connectivity index (χ3v) is 3.98. The molecule has 1 fully saturated rings. The molecule has 1 N–H and O–H groups in total. The van der Waals surface area contributed by atoms with Crippen molar-refractivity contribution in [2.75, 3.05) is 7.05 Å². The molecule has 1 amide bonds. The second kappa shape index (κ2) is 6.07. The molecule has 0 bridgehead atoms. The molecule has 0 saturated heterocycles. The summed E-state index contributed by atoms with van der Waals surface area (Å²) in [5.74, 6) is -0.938. The summed E-state index contributed by atoms with van der Waals surface area (Å²) in [6.45, 7) is 0.547. The van der Waals surface area contributed by atoms with Crippen molar-refractivity contribution in [2.24, 2.45) is 18.9 Å². The topological polar surface area (TPSA) is 75.4 Å². The first-order chi connectivity index (χ1) is 9.47. The number of hydrogen-bond donors (Lipinski definition) is 1. The van der Waals surface area contributed by atoms with E-state index in [0.29, 0.717) is 32.2 Å². The molecule has 0 unspecified atom stereocenters. The van der Waals surface area contributed by atoms with E-state index in [0.717, 1.165) is 5.56 Å². The lowest BCUT2D eigenvalue weighted by atomic mass is 9.81. The molecular formula is C14H21N3O3. The molecule has 0 atom stereocenters. The van der Waals surface area contributed by atoms with Crippen molar-refractivity contribution in [3.05, 3.63) is 18.0 Å². The van der Waals surface area contributed by atoms with E-state index in [-0.39, 0.29) is 17.7 Å². The molecule has 1 aromatic rings. The quantitative estimate of drug-likeness (QED) is 0.900. The van der Waals surface area contributed by atoms with E-state index in [1.807, 2.05) is 13.2 Å². The normalized spacial score (nSPS) is 22.5. The number of carbonyl (C=O) groups excluding carboxylic acids is 1. The minimum atomic E-state index is -0.736. The number of aryl methyl sites for hydroxylation is 1. The smallest absolute Gasteiger partial charge is 0.306 e. The number of aliphatic carboxylic acids is 1. The van der Waals surface area contributed by atoms with E-state index in [1.54, 1.807) is 22.8 Å². The molecule has 0 radical (unpaired) electrons. The van der Waals surface area contributed by atoms with Crippen LogP contribution in [0, 0.1) is 11.8 Å². The predicted octanol–water partition coefficient (Wildman–Crippen LogP) is 1.27. The van der Waals surface area contributed by atoms with E-state index in [2.05, 4.69) is 5.10 Å². The van der Waals surface area contributed by atoms with E-state index >= 15 is 0 Å². The average molecular weight is 279 g/mol. The number of carboxylic acid groups (broad SMARTS) is 1. The van der Waals surface area contributed by atoms with Crippen molar-refractivity contribution in [2.45, 2.75) is 32.2 Å². The summed E-state index contributed by atoms with van der Waals surface area (Å²) in [5, 5.41) is 13.0. The lowest BCUT2D eigenvalue weighted by Crippen LogP contribution is -2.35. The Labute approximate surface area is 118 Å². The predicted molar refractivity (Wildman–Crippen MR) is 72.8 cm³/mol. The van der Waals surface area contributed by atoms with E-state index in [9.17, 15) is 9.59 Å². The van der Waals surface area contributed by atoms with Gasteiger partial charge in [0.2, 0.25) is 5.91 Å². The highest BCUT2D eigenvalue weighted by molar-refractivity contribution is 5.79. The maximum absolute atomic E-state index is 12.3. The fraction of sp³-hybridized carbons (Fsp3) is 0.643. The third-order valence-electron chi connectivity index (χ3n) is 3.98. The molecule has 0 spiro atoms. The minimum absolute atomic E-state index is 0.0349. The van der Waals surface area contributed by atoms with Crippen molar-refractivity contribution in [1.82, 2.24) is 14.7 Å². The van der Waals surface area contributed by atoms with Gasteiger partial charge in [0.25, 0.3) is 0 Å². The van der Waals surface area contributed by atoms with Crippen LogP contribution >= 0.6 is 0 Å². The third kappa shape index (κ3) is 3.37. The molecule has 2 rings (SSSR count). The molecule has 20 heavy (non-hydrogen) atoms. The van der Waals surface area contributed by atoms with E-state index in [1.165, 1.54) is 0 Å². The highest BCUT2D eigenvalue weighted by Crippen LogP contribution is 2.30. The molecular weight excluding hydrogens is 258 g/mol. The van der Waals surface area contributed by atoms with Crippen molar-refractivity contribution in [3.63, 3.8) is 0 Å². The second-order valence-electron chi connectivity index (χ2n) is 5.60. The summed E-state index contributed by atoms with van der Waals surface area (Å²) in [6.07, 6.45) is 6.20. The standard InChI is InChI=1S/C14H21N3O3/c1-16(8-10-7-15-17(2)9-10)13(18)11-3-5-12(6-4-11)14(19)20/h7,9,11-12H,3-6,8H2,1-2H3,(H,19,20). The number of carboxylic acids is 1. The monoisotopic (exact) mass is 279 g/mol. The van der Waals surface area contributed by atoms with Gasteiger partial charge >= 0.3 is 5.97 Å². The maximum atomic E-state index is 12.3. The van der Waals surface area contributed by atoms with Crippen LogP contribution < -0.4 is 0 Å². The summed E-state index contributed by atoms with van der Waals surface area (Å²) in [7, 11) is 3.64. The highest BCUT2D eigenvalue weighted by Gasteiger charge is 2.31. The Balaban J connectivity index is 1.86. The summed E-state index contributed by atoms with van der Waals surface area (Å²) < 4.78 is 1.71. The first kappa shape index (κ1) is 14.6. The summed E-state index contributed by atoms with van der Waals surface area (Å²) >= 11 is 0. The Morgan fingerprint density at radius 3 is 2.45 bits per heavy atom. The van der Waals surface area contributed by atoms with Crippen LogP contribution in [0.1, 0.15) is 31.2 Å². The van der Waals surface area contributed by atoms with Crippen molar-refractivity contribution >= 4 is 11.9 Å². The van der Waals surface area contributed by atoms with Gasteiger partial charge in [-0.2, -0.15) is 5.10 Å². The molecule has 1 aliphatic rings. The van der Waals surface area contributed by atoms with Gasteiger partial charge in [-0.25, -0.2) is 0 Å². The number of rotatable bonds is 4. The maximum Gasteiger partial charge on any atom is 0.306 e. The van der Waals surface area contributed by atoms with E-state index in [4.69, 9.17) is 5.11 Å². The molecule has 0 aromatic carbocycles. The number of hydrogen-bond acceptors (Lipinski definition) is 3. The molecule has 1 heterocycles. The van der Waals surface area contributed by atoms with Crippen LogP contribution in [-0.4, -0.2) is 38.7 Å². The molecule has 1 aromatic heterocycles. The summed E-state index contributed by atoms with van der Waals surface area (Å²) in [5.41, 5.74) is 1.00. The molecule has 110 valence electrons. The van der Waals surface area contributed by atoms with Crippen LogP contribution in [0.15, 0.2) is 12.4 Å². The Morgan fingerprint density at radius 1 is 1.35 bits per heavy atom. The van der Waals surface area contributed by atoms with Crippen LogP contribution in [0.4, 0.5) is 0 Å². The molecule has 1 saturated carbocycles. The first-order valence-corrected chi connectivity index (χ1v) is 6.92. The van der Waals surface area contributed by atoms with Crippen molar-refractivity contribution in [3.8, 4) is 0 Å². The van der Waals surface area contributed by atoms with Gasteiger partial charge in [0, 0.05) is 38.3 Å². The Kier molecular flexibility index (Phi) is 4.42. The van der Waals surface area contributed by atoms with Crippen molar-refractivity contribution < 1.29 is 14.7 Å². The zero-order valence-corrected chi connectivity index (χ0v) is 12.0. The van der Waals surface area contributed by atoms with Crippen molar-refractivity contribution in [1.29, 1.82) is 0 Å². The molecule has 6 heteroatoms. The van der Waals surface area contributed by atoms with Gasteiger partial charge in [0.15, 0.2) is 0 Å². The minimum Gasteiger partial charge on any atom is -0.481 e. The van der Waals surface area contributed by atoms with Crippen LogP contribution in [-0.2, 0) is 23.2 Å². The lowest BCUT2D eigenvalue weighted by Gasteiger charge is -2.28. The fourth-order valence-electron chi connectivity index (χ4n) is 2.80. The van der Waals surface area contributed by atoms with Gasteiger partial charge in [0.1, 0.15) is 0 Å². The summed E-state index contributed by atoms with van der Waals surface area (Å²) in [4.78, 5) is 25.0. The highest BCUT2D eigenvalue weighted by atomic mass is 16.4. The number of nitrogens with zero attached hydrogens (tertiary/aromatic N) is 3. The van der Waals surface area contributed by atoms with Gasteiger partial charge in [-0.05, 0) is 25.7 Å². The summed E-state index contributed by atoms with van der Waals surface area (Å²) in [6, 6.07) is 0.